The SMILES string of the molecule is CC1Cc2cc(C(C)(C)C)ccc2CN1. The van der Waals surface area contributed by atoms with Gasteiger partial charge in [-0.05, 0) is 35.4 Å². The summed E-state index contributed by atoms with van der Waals surface area (Å²) in [6, 6.07) is 7.57. The summed E-state index contributed by atoms with van der Waals surface area (Å²) in [6.45, 7) is 10.1. The third kappa shape index (κ3) is 2.23. The van der Waals surface area contributed by atoms with Crippen molar-refractivity contribution in [1.29, 1.82) is 0 Å². The number of benzene rings is 1. The molecule has 2 rings (SSSR count). The van der Waals surface area contributed by atoms with Crippen molar-refractivity contribution in [2.45, 2.75) is 52.1 Å². The van der Waals surface area contributed by atoms with E-state index < -0.39 is 0 Å². The zero-order valence-corrected chi connectivity index (χ0v) is 10.2. The van der Waals surface area contributed by atoms with Crippen LogP contribution >= 0.6 is 0 Å². The van der Waals surface area contributed by atoms with Crippen molar-refractivity contribution in [2.75, 3.05) is 0 Å². The number of rotatable bonds is 0. The molecule has 0 bridgehead atoms. The van der Waals surface area contributed by atoms with Crippen LogP contribution in [0.5, 0.6) is 0 Å². The zero-order valence-electron chi connectivity index (χ0n) is 10.2. The van der Waals surface area contributed by atoms with E-state index in [-0.39, 0.29) is 5.41 Å². The molecule has 82 valence electrons. The van der Waals surface area contributed by atoms with Crippen LogP contribution in [-0.4, -0.2) is 6.04 Å². The van der Waals surface area contributed by atoms with Gasteiger partial charge in [-0.3, -0.25) is 0 Å². The highest BCUT2D eigenvalue weighted by Gasteiger charge is 2.18. The fraction of sp³-hybridized carbons (Fsp3) is 0.571. The molecule has 1 heteroatoms. The molecule has 0 spiro atoms. The van der Waals surface area contributed by atoms with Gasteiger partial charge in [0, 0.05) is 12.6 Å². The highest BCUT2D eigenvalue weighted by Crippen LogP contribution is 2.26. The average Bonchev–Trinajstić information content (AvgIpc) is 2.15. The van der Waals surface area contributed by atoms with Crippen molar-refractivity contribution in [2.24, 2.45) is 0 Å². The largest absolute Gasteiger partial charge is 0.310 e. The number of hydrogen-bond acceptors (Lipinski definition) is 1. The second-order valence-corrected chi connectivity index (χ2v) is 5.72. The first-order valence-electron chi connectivity index (χ1n) is 5.82. The fourth-order valence-corrected chi connectivity index (χ4v) is 2.14. The maximum absolute atomic E-state index is 3.50. The lowest BCUT2D eigenvalue weighted by Gasteiger charge is -2.26. The topological polar surface area (TPSA) is 12.0 Å². The van der Waals surface area contributed by atoms with Gasteiger partial charge in [-0.1, -0.05) is 39.0 Å². The molecule has 1 nitrogen and oxygen atoms in total. The Labute approximate surface area is 92.9 Å². The van der Waals surface area contributed by atoms with Crippen LogP contribution in [0.25, 0.3) is 0 Å². The molecule has 1 unspecified atom stereocenters. The summed E-state index contributed by atoms with van der Waals surface area (Å²) in [5.41, 5.74) is 4.73. The molecule has 0 saturated heterocycles. The van der Waals surface area contributed by atoms with E-state index in [1.807, 2.05) is 0 Å². The smallest absolute Gasteiger partial charge is 0.0210 e. The lowest BCUT2D eigenvalue weighted by molar-refractivity contribution is 0.510. The summed E-state index contributed by atoms with van der Waals surface area (Å²) in [7, 11) is 0. The lowest BCUT2D eigenvalue weighted by atomic mass is 9.83. The maximum Gasteiger partial charge on any atom is 0.0210 e. The van der Waals surface area contributed by atoms with Crippen LogP contribution in [0.3, 0.4) is 0 Å². The predicted molar refractivity (Wildman–Crippen MR) is 65.1 cm³/mol. The van der Waals surface area contributed by atoms with Gasteiger partial charge in [0.1, 0.15) is 0 Å². The highest BCUT2D eigenvalue weighted by molar-refractivity contribution is 5.37. The second kappa shape index (κ2) is 3.64. The van der Waals surface area contributed by atoms with Gasteiger partial charge in [0.05, 0.1) is 0 Å². The Balaban J connectivity index is 2.37. The van der Waals surface area contributed by atoms with Gasteiger partial charge in [0.25, 0.3) is 0 Å². The molecule has 1 aliphatic rings. The first-order chi connectivity index (χ1) is 6.97. The Morgan fingerprint density at radius 1 is 1.20 bits per heavy atom. The fourth-order valence-electron chi connectivity index (χ4n) is 2.14. The Morgan fingerprint density at radius 2 is 1.93 bits per heavy atom. The molecule has 0 saturated carbocycles. The third-order valence-electron chi connectivity index (χ3n) is 3.24. The molecule has 1 atom stereocenters. The van der Waals surface area contributed by atoms with Crippen LogP contribution in [0.2, 0.25) is 0 Å². The van der Waals surface area contributed by atoms with Crippen molar-refractivity contribution in [3.8, 4) is 0 Å². The standard InChI is InChI=1S/C14H21N/c1-10-7-12-8-13(14(2,3)4)6-5-11(12)9-15-10/h5-6,8,10,15H,7,9H2,1-4H3. The van der Waals surface area contributed by atoms with E-state index in [9.17, 15) is 0 Å². The first-order valence-corrected chi connectivity index (χ1v) is 5.82. The van der Waals surface area contributed by atoms with E-state index in [0.717, 1.165) is 6.54 Å². The van der Waals surface area contributed by atoms with Gasteiger partial charge >= 0.3 is 0 Å². The monoisotopic (exact) mass is 203 g/mol. The van der Waals surface area contributed by atoms with E-state index in [0.29, 0.717) is 6.04 Å². The highest BCUT2D eigenvalue weighted by atomic mass is 14.9. The van der Waals surface area contributed by atoms with Gasteiger partial charge in [0.2, 0.25) is 0 Å². The minimum atomic E-state index is 0.267. The van der Waals surface area contributed by atoms with Crippen LogP contribution in [0.1, 0.15) is 44.4 Å². The summed E-state index contributed by atoms with van der Waals surface area (Å²) in [5.74, 6) is 0. The third-order valence-corrected chi connectivity index (χ3v) is 3.24. The van der Waals surface area contributed by atoms with E-state index in [2.05, 4.69) is 51.2 Å². The molecule has 1 heterocycles. The molecule has 1 N–H and O–H groups in total. The Morgan fingerprint density at radius 3 is 2.60 bits per heavy atom. The normalized spacial score (nSPS) is 21.2. The average molecular weight is 203 g/mol. The van der Waals surface area contributed by atoms with E-state index in [1.54, 1.807) is 0 Å². The molecule has 1 aromatic rings. The Bertz CT molecular complexity index is 360. The van der Waals surface area contributed by atoms with Gasteiger partial charge in [0.15, 0.2) is 0 Å². The number of hydrogen-bond donors (Lipinski definition) is 1. The van der Waals surface area contributed by atoms with Crippen molar-refractivity contribution < 1.29 is 0 Å². The summed E-state index contributed by atoms with van der Waals surface area (Å²) >= 11 is 0. The molecule has 15 heavy (non-hydrogen) atoms. The summed E-state index contributed by atoms with van der Waals surface area (Å²) in [4.78, 5) is 0. The number of fused-ring (bicyclic) bond motifs is 1. The predicted octanol–water partition coefficient (Wildman–Crippen LogP) is 3.02. The first kappa shape index (κ1) is 10.7. The van der Waals surface area contributed by atoms with Crippen molar-refractivity contribution in [3.63, 3.8) is 0 Å². The van der Waals surface area contributed by atoms with E-state index >= 15 is 0 Å². The Hall–Kier alpha value is -0.820. The minimum absolute atomic E-state index is 0.267. The van der Waals surface area contributed by atoms with Gasteiger partial charge in [-0.15, -0.1) is 0 Å². The second-order valence-electron chi connectivity index (χ2n) is 5.72. The van der Waals surface area contributed by atoms with Crippen LogP contribution in [-0.2, 0) is 18.4 Å². The molecular formula is C14H21N. The van der Waals surface area contributed by atoms with Crippen molar-refractivity contribution in [3.05, 3.63) is 34.9 Å². The quantitative estimate of drug-likeness (QED) is 0.683. The summed E-state index contributed by atoms with van der Waals surface area (Å²) in [6.07, 6.45) is 1.17. The molecule has 0 radical (unpaired) electrons. The molecular weight excluding hydrogens is 182 g/mol. The summed E-state index contributed by atoms with van der Waals surface area (Å²) < 4.78 is 0. The minimum Gasteiger partial charge on any atom is -0.310 e. The van der Waals surface area contributed by atoms with Crippen LogP contribution < -0.4 is 5.32 Å². The zero-order chi connectivity index (χ0) is 11.1. The van der Waals surface area contributed by atoms with E-state index in [1.165, 1.54) is 23.1 Å². The molecule has 0 aliphatic carbocycles. The molecule has 0 aromatic heterocycles. The Kier molecular flexibility index (Phi) is 2.59. The summed E-state index contributed by atoms with van der Waals surface area (Å²) in [5, 5.41) is 3.50. The molecule has 0 fully saturated rings. The van der Waals surface area contributed by atoms with Crippen molar-refractivity contribution in [1.82, 2.24) is 5.32 Å². The molecule has 0 amide bonds. The van der Waals surface area contributed by atoms with Gasteiger partial charge in [-0.25, -0.2) is 0 Å². The molecule has 1 aromatic carbocycles. The molecule has 1 aliphatic heterocycles. The van der Waals surface area contributed by atoms with Gasteiger partial charge in [-0.2, -0.15) is 0 Å². The van der Waals surface area contributed by atoms with Crippen LogP contribution in [0.15, 0.2) is 18.2 Å². The van der Waals surface area contributed by atoms with Crippen LogP contribution in [0.4, 0.5) is 0 Å². The number of nitrogens with one attached hydrogen (secondary N) is 1. The lowest BCUT2D eigenvalue weighted by Crippen LogP contribution is -2.33. The van der Waals surface area contributed by atoms with Crippen molar-refractivity contribution >= 4 is 0 Å². The maximum atomic E-state index is 3.50. The van der Waals surface area contributed by atoms with Crippen LogP contribution in [0, 0.1) is 0 Å². The van der Waals surface area contributed by atoms with Gasteiger partial charge < -0.3 is 5.32 Å². The van der Waals surface area contributed by atoms with E-state index in [4.69, 9.17) is 0 Å².